The summed E-state index contributed by atoms with van der Waals surface area (Å²) in [5, 5.41) is 6.64. The molecule has 1 aromatic rings. The van der Waals surface area contributed by atoms with E-state index in [0.717, 1.165) is 38.4 Å². The lowest BCUT2D eigenvalue weighted by atomic mass is 10.4. The quantitative estimate of drug-likeness (QED) is 0.614. The van der Waals surface area contributed by atoms with Gasteiger partial charge in [0.15, 0.2) is 6.39 Å². The summed E-state index contributed by atoms with van der Waals surface area (Å²) in [6.07, 6.45) is 5.54. The molecule has 0 aliphatic carbocycles. The monoisotopic (exact) mass is 197 g/mol. The molecule has 0 atom stereocenters. The third kappa shape index (κ3) is 4.99. The molecular weight excluding hydrogens is 178 g/mol. The van der Waals surface area contributed by atoms with E-state index in [-0.39, 0.29) is 0 Å². The molecule has 2 N–H and O–H groups in total. The zero-order valence-corrected chi connectivity index (χ0v) is 8.75. The largest absolute Gasteiger partial charge is 0.447 e. The topological polar surface area (TPSA) is 50.1 Å². The first-order valence-corrected chi connectivity index (χ1v) is 5.22. The molecule has 0 bridgehead atoms. The smallest absolute Gasteiger partial charge is 0.180 e. The molecule has 0 saturated heterocycles. The number of hydrogen-bond acceptors (Lipinski definition) is 4. The van der Waals surface area contributed by atoms with Crippen LogP contribution < -0.4 is 10.6 Å². The van der Waals surface area contributed by atoms with Crippen LogP contribution in [0.25, 0.3) is 0 Å². The van der Waals surface area contributed by atoms with Gasteiger partial charge < -0.3 is 15.1 Å². The summed E-state index contributed by atoms with van der Waals surface area (Å²) in [5.74, 6) is 0.895. The average molecular weight is 197 g/mol. The lowest BCUT2D eigenvalue weighted by Gasteiger charge is -2.03. The van der Waals surface area contributed by atoms with Crippen molar-refractivity contribution in [3.8, 4) is 0 Å². The van der Waals surface area contributed by atoms with E-state index in [4.69, 9.17) is 4.42 Å². The first-order chi connectivity index (χ1) is 6.93. The van der Waals surface area contributed by atoms with Crippen molar-refractivity contribution in [2.24, 2.45) is 0 Å². The third-order valence-electron chi connectivity index (χ3n) is 1.92. The van der Waals surface area contributed by atoms with Crippen LogP contribution in [0, 0.1) is 0 Å². The molecule has 14 heavy (non-hydrogen) atoms. The Labute approximate surface area is 85.1 Å². The Morgan fingerprint density at radius 3 is 2.86 bits per heavy atom. The van der Waals surface area contributed by atoms with Crippen molar-refractivity contribution in [3.05, 3.63) is 18.4 Å². The van der Waals surface area contributed by atoms with Gasteiger partial charge in [-0.3, -0.25) is 0 Å². The lowest BCUT2D eigenvalue weighted by molar-refractivity contribution is 0.475. The Bertz CT molecular complexity index is 211. The van der Waals surface area contributed by atoms with E-state index in [1.54, 1.807) is 6.20 Å². The van der Waals surface area contributed by atoms with E-state index in [0.29, 0.717) is 0 Å². The normalized spacial score (nSPS) is 10.6. The van der Waals surface area contributed by atoms with Gasteiger partial charge in [-0.05, 0) is 32.5 Å². The van der Waals surface area contributed by atoms with Gasteiger partial charge in [-0.25, -0.2) is 4.98 Å². The van der Waals surface area contributed by atoms with E-state index in [1.807, 2.05) is 0 Å². The summed E-state index contributed by atoms with van der Waals surface area (Å²) < 4.78 is 5.09. The molecule has 0 spiro atoms. The second-order valence-corrected chi connectivity index (χ2v) is 3.25. The predicted molar refractivity (Wildman–Crippen MR) is 56.0 cm³/mol. The summed E-state index contributed by atoms with van der Waals surface area (Å²) in [7, 11) is 0. The highest BCUT2D eigenvalue weighted by atomic mass is 16.3. The van der Waals surface area contributed by atoms with Gasteiger partial charge in [-0.15, -0.1) is 0 Å². The van der Waals surface area contributed by atoms with Crippen molar-refractivity contribution < 1.29 is 4.42 Å². The van der Waals surface area contributed by atoms with Gasteiger partial charge in [0.1, 0.15) is 5.76 Å². The highest BCUT2D eigenvalue weighted by Crippen LogP contribution is 1.94. The molecular formula is C10H19N3O. The summed E-state index contributed by atoms with van der Waals surface area (Å²) >= 11 is 0. The Hall–Kier alpha value is -0.870. The number of oxazole rings is 1. The summed E-state index contributed by atoms with van der Waals surface area (Å²) in [6, 6.07) is 0. The summed E-state index contributed by atoms with van der Waals surface area (Å²) in [4.78, 5) is 3.84. The lowest BCUT2D eigenvalue weighted by Crippen LogP contribution is -2.22. The molecule has 4 heteroatoms. The third-order valence-corrected chi connectivity index (χ3v) is 1.92. The number of rotatable bonds is 8. The minimum Gasteiger partial charge on any atom is -0.447 e. The molecule has 1 aromatic heterocycles. The van der Waals surface area contributed by atoms with Crippen molar-refractivity contribution in [2.75, 3.05) is 19.6 Å². The molecule has 1 rings (SSSR count). The van der Waals surface area contributed by atoms with Crippen LogP contribution >= 0.6 is 0 Å². The number of hydrogen-bond donors (Lipinski definition) is 2. The summed E-state index contributed by atoms with van der Waals surface area (Å²) in [5.41, 5.74) is 0. The van der Waals surface area contributed by atoms with Crippen molar-refractivity contribution in [1.29, 1.82) is 0 Å². The van der Waals surface area contributed by atoms with Gasteiger partial charge in [0.2, 0.25) is 0 Å². The molecule has 0 saturated carbocycles. The highest BCUT2D eigenvalue weighted by molar-refractivity contribution is 4.86. The SMILES string of the molecule is CCCNCCCNCc1cnco1. The van der Waals surface area contributed by atoms with Gasteiger partial charge in [-0.2, -0.15) is 0 Å². The Morgan fingerprint density at radius 1 is 1.29 bits per heavy atom. The minimum atomic E-state index is 0.772. The van der Waals surface area contributed by atoms with Gasteiger partial charge in [0.25, 0.3) is 0 Å². The van der Waals surface area contributed by atoms with Crippen LogP contribution in [0.15, 0.2) is 17.0 Å². The number of nitrogens with one attached hydrogen (secondary N) is 2. The van der Waals surface area contributed by atoms with E-state index >= 15 is 0 Å². The zero-order chi connectivity index (χ0) is 10.1. The van der Waals surface area contributed by atoms with Crippen LogP contribution in [0.1, 0.15) is 25.5 Å². The van der Waals surface area contributed by atoms with Crippen molar-refractivity contribution in [2.45, 2.75) is 26.3 Å². The molecule has 0 aromatic carbocycles. The van der Waals surface area contributed by atoms with E-state index in [2.05, 4.69) is 22.5 Å². The highest BCUT2D eigenvalue weighted by Gasteiger charge is 1.94. The van der Waals surface area contributed by atoms with Crippen molar-refractivity contribution in [1.82, 2.24) is 15.6 Å². The molecule has 0 unspecified atom stereocenters. The van der Waals surface area contributed by atoms with E-state index in [9.17, 15) is 0 Å². The molecule has 0 aliphatic rings. The molecule has 80 valence electrons. The maximum Gasteiger partial charge on any atom is 0.180 e. The van der Waals surface area contributed by atoms with Crippen LogP contribution in [-0.4, -0.2) is 24.6 Å². The second-order valence-electron chi connectivity index (χ2n) is 3.25. The number of nitrogens with zero attached hydrogens (tertiary/aromatic N) is 1. The fourth-order valence-electron chi connectivity index (χ4n) is 1.18. The molecule has 0 amide bonds. The van der Waals surface area contributed by atoms with Gasteiger partial charge >= 0.3 is 0 Å². The maximum absolute atomic E-state index is 5.09. The second kappa shape index (κ2) is 7.53. The molecule has 0 fully saturated rings. The standard InChI is InChI=1S/C10H19N3O/c1-2-4-11-5-3-6-12-7-10-8-13-9-14-10/h8-9,11-12H,2-7H2,1H3. The first-order valence-electron chi connectivity index (χ1n) is 5.22. The summed E-state index contributed by atoms with van der Waals surface area (Å²) in [6.45, 7) is 6.15. The van der Waals surface area contributed by atoms with Gasteiger partial charge in [0, 0.05) is 0 Å². The Kier molecular flexibility index (Phi) is 6.02. The molecule has 0 radical (unpaired) electrons. The maximum atomic E-state index is 5.09. The first kappa shape index (κ1) is 11.2. The molecule has 4 nitrogen and oxygen atoms in total. The van der Waals surface area contributed by atoms with Gasteiger partial charge in [-0.1, -0.05) is 6.92 Å². The average Bonchev–Trinajstić information content (AvgIpc) is 2.69. The van der Waals surface area contributed by atoms with Crippen LogP contribution in [0.3, 0.4) is 0 Å². The fraction of sp³-hybridized carbons (Fsp3) is 0.700. The van der Waals surface area contributed by atoms with Crippen LogP contribution in [0.4, 0.5) is 0 Å². The van der Waals surface area contributed by atoms with Gasteiger partial charge in [0.05, 0.1) is 12.7 Å². The predicted octanol–water partition coefficient (Wildman–Crippen LogP) is 1.15. The van der Waals surface area contributed by atoms with E-state index < -0.39 is 0 Å². The Balaban J connectivity index is 1.85. The van der Waals surface area contributed by atoms with Crippen LogP contribution in [0.2, 0.25) is 0 Å². The number of aromatic nitrogens is 1. The minimum absolute atomic E-state index is 0.772. The molecule has 0 aliphatic heterocycles. The van der Waals surface area contributed by atoms with Crippen molar-refractivity contribution >= 4 is 0 Å². The van der Waals surface area contributed by atoms with Crippen LogP contribution in [-0.2, 0) is 6.54 Å². The molecule has 1 heterocycles. The van der Waals surface area contributed by atoms with Crippen LogP contribution in [0.5, 0.6) is 0 Å². The zero-order valence-electron chi connectivity index (χ0n) is 8.75. The van der Waals surface area contributed by atoms with E-state index in [1.165, 1.54) is 12.8 Å². The Morgan fingerprint density at radius 2 is 2.14 bits per heavy atom. The fourth-order valence-corrected chi connectivity index (χ4v) is 1.18. The van der Waals surface area contributed by atoms with Crippen molar-refractivity contribution in [3.63, 3.8) is 0 Å².